The van der Waals surface area contributed by atoms with Gasteiger partial charge < -0.3 is 10.2 Å². The Kier molecular flexibility index (Phi) is 23.1. The van der Waals surface area contributed by atoms with Crippen LogP contribution in [0.25, 0.3) is 0 Å². The number of hydrogen-bond donors (Lipinski definition) is 3. The molecule has 37 heavy (non-hydrogen) atoms. The Morgan fingerprint density at radius 2 is 1.32 bits per heavy atom. The largest absolute Gasteiger partial charge is 0.481 e. The molecule has 0 saturated heterocycles. The fraction of sp³-hybridized carbons (Fsp3) is 0.704. The van der Waals surface area contributed by atoms with Crippen molar-refractivity contribution in [2.45, 2.75) is 115 Å². The molecular formula is C27H45KO8S. The first-order valence-corrected chi connectivity index (χ1v) is 17.5. The predicted molar refractivity (Wildman–Crippen MR) is 147 cm³/mol. The Balaban J connectivity index is 0.000000908. The van der Waals surface area contributed by atoms with Gasteiger partial charge in [0.2, 0.25) is 0 Å². The van der Waals surface area contributed by atoms with Crippen molar-refractivity contribution < 1.29 is 37.5 Å². The third-order valence-electron chi connectivity index (χ3n) is 6.03. The van der Waals surface area contributed by atoms with E-state index in [9.17, 15) is 18.0 Å². The number of aliphatic carboxylic acids is 2. The van der Waals surface area contributed by atoms with Crippen LogP contribution in [0.5, 0.6) is 5.75 Å². The monoisotopic (exact) mass is 568 g/mol. The second-order valence-electron chi connectivity index (χ2n) is 9.46. The van der Waals surface area contributed by atoms with Crippen molar-refractivity contribution in [3.8, 4) is 5.75 Å². The second-order valence-corrected chi connectivity index (χ2v) is 12.6. The van der Waals surface area contributed by atoms with Crippen LogP contribution in [-0.2, 0) is 19.7 Å². The normalized spacial score (nSPS) is 12.8. The zero-order chi connectivity index (χ0) is 27.9. The van der Waals surface area contributed by atoms with Gasteiger partial charge in [-0.25, -0.2) is 0 Å². The van der Waals surface area contributed by atoms with Crippen molar-refractivity contribution in [1.82, 2.24) is 0 Å². The molecule has 0 heterocycles. The third kappa shape index (κ3) is 22.1. The van der Waals surface area contributed by atoms with E-state index in [-0.39, 0.29) is 0 Å². The number of rotatable bonds is 21. The number of carbonyl (C=O) groups is 2. The molecule has 0 saturated carbocycles. The summed E-state index contributed by atoms with van der Waals surface area (Å²) in [7, 11) is -4.84. The van der Waals surface area contributed by atoms with E-state index in [0.29, 0.717) is 6.10 Å². The van der Waals surface area contributed by atoms with Crippen LogP contribution in [0.2, 0.25) is 0.515 Å². The molecule has 8 nitrogen and oxygen atoms in total. The van der Waals surface area contributed by atoms with Crippen LogP contribution in [0.15, 0.2) is 30.3 Å². The van der Waals surface area contributed by atoms with E-state index < -0.39 is 33.7 Å². The van der Waals surface area contributed by atoms with Gasteiger partial charge in [0.15, 0.2) is 5.25 Å². The van der Waals surface area contributed by atoms with Crippen molar-refractivity contribution >= 4 is 71.0 Å². The van der Waals surface area contributed by atoms with Gasteiger partial charge in [0.05, 0.1) is 6.42 Å². The number of para-hydroxylation sites is 1. The second kappa shape index (κ2) is 23.4. The fourth-order valence-electron chi connectivity index (χ4n) is 3.97. The fourth-order valence-corrected chi connectivity index (χ4v) is 5.58. The maximum Gasteiger partial charge on any atom is 0.325 e. The van der Waals surface area contributed by atoms with Crippen LogP contribution < -0.4 is 4.74 Å². The molecule has 1 aromatic rings. The van der Waals surface area contributed by atoms with Crippen molar-refractivity contribution in [2.24, 2.45) is 0 Å². The van der Waals surface area contributed by atoms with Crippen molar-refractivity contribution in [2.75, 3.05) is 0 Å². The van der Waals surface area contributed by atoms with Gasteiger partial charge in [-0.3, -0.25) is 14.1 Å². The minimum absolute atomic E-state index is 0.446. The van der Waals surface area contributed by atoms with E-state index in [2.05, 4.69) is 37.3 Å². The minimum Gasteiger partial charge on any atom is -0.481 e. The molecule has 208 valence electrons. The Morgan fingerprint density at radius 3 is 1.70 bits per heavy atom. The van der Waals surface area contributed by atoms with Gasteiger partial charge in [0, 0.05) is 0 Å². The Labute approximate surface area is 257 Å². The number of carboxylic acid groups (broad SMARTS) is 2. The molecule has 1 rings (SSSR count). The smallest absolute Gasteiger partial charge is 0.325 e. The summed E-state index contributed by atoms with van der Waals surface area (Å²) in [6.07, 6.45) is 18.9. The summed E-state index contributed by atoms with van der Waals surface area (Å²) >= 11 is 0.946. The van der Waals surface area contributed by atoms with E-state index in [1.54, 1.807) is 0 Å². The predicted octanol–water partition coefficient (Wildman–Crippen LogP) is 6.30. The summed E-state index contributed by atoms with van der Waals surface area (Å²) < 4.78 is 36.2. The molecule has 2 atom stereocenters. The molecule has 0 aliphatic carbocycles. The molecule has 10 heteroatoms. The summed E-state index contributed by atoms with van der Waals surface area (Å²) in [4.78, 5) is 20.0. The van der Waals surface area contributed by atoms with E-state index in [0.717, 1.165) is 54.7 Å². The molecule has 0 aromatic heterocycles. The summed E-state index contributed by atoms with van der Waals surface area (Å²) in [5.74, 6) is -2.45. The number of hydrogen-bond acceptors (Lipinski definition) is 5. The van der Waals surface area contributed by atoms with Gasteiger partial charge in [-0.1, -0.05) is 32.6 Å². The van der Waals surface area contributed by atoms with Crippen LogP contribution >= 0.6 is 0 Å². The van der Waals surface area contributed by atoms with Gasteiger partial charge in [0.1, 0.15) is 0 Å². The molecule has 2 unspecified atom stereocenters. The maximum atomic E-state index is 10.2. The van der Waals surface area contributed by atoms with Gasteiger partial charge in [-0.15, -0.1) is 0 Å². The number of unbranched alkanes of at least 4 members (excludes halogenated alkanes) is 11. The molecule has 0 amide bonds. The molecule has 0 fully saturated rings. The van der Waals surface area contributed by atoms with Crippen LogP contribution in [0.4, 0.5) is 0 Å². The molecule has 3 N–H and O–H groups in total. The minimum atomic E-state index is -4.84. The average molecular weight is 569 g/mol. The topological polar surface area (TPSA) is 138 Å². The van der Waals surface area contributed by atoms with E-state index >= 15 is 0 Å². The van der Waals surface area contributed by atoms with Crippen molar-refractivity contribution in [3.05, 3.63) is 30.3 Å². The molecule has 0 radical (unpaired) electrons. The zero-order valence-electron chi connectivity index (χ0n) is 22.6. The van der Waals surface area contributed by atoms with E-state index in [1.807, 2.05) is 0 Å². The van der Waals surface area contributed by atoms with E-state index in [4.69, 9.17) is 19.5 Å². The summed E-state index contributed by atoms with van der Waals surface area (Å²) in [6, 6.07) is 10.4. The van der Waals surface area contributed by atoms with Gasteiger partial charge in [-0.05, 0) is 0 Å². The summed E-state index contributed by atoms with van der Waals surface area (Å²) in [5, 5.41) is 13.9. The Bertz CT molecular complexity index is 817. The van der Waals surface area contributed by atoms with E-state index in [1.165, 1.54) is 90.4 Å². The van der Waals surface area contributed by atoms with Gasteiger partial charge >= 0.3 is 173 Å². The molecule has 0 aliphatic heterocycles. The standard InChI is InChI=1S/C23H39O.C4H6O7S.K/c1-3-5-6-7-8-9-10-11-12-13-14-16-19-22(4-2)24-23-20-17-15-18-21-23;5-3(6)1-2(4(7)8)12(9,10)11;/h15,17-18,20-22H,2-14,16,19H2,1H3;2H,1H2,(H,5,6)(H,7,8)(H,9,10,11);. The van der Waals surface area contributed by atoms with Crippen LogP contribution in [0.3, 0.4) is 0 Å². The van der Waals surface area contributed by atoms with Crippen molar-refractivity contribution in [1.29, 1.82) is 0 Å². The molecule has 0 bridgehead atoms. The summed E-state index contributed by atoms with van der Waals surface area (Å²) in [6.45, 7) is 2.29. The molecule has 1 aromatic carbocycles. The van der Waals surface area contributed by atoms with Crippen LogP contribution in [0.1, 0.15) is 103 Å². The first kappa shape index (κ1) is 36.5. The molecule has 0 aliphatic rings. The quantitative estimate of drug-likeness (QED) is 0.0891. The first-order chi connectivity index (χ1) is 17.6. The Morgan fingerprint density at radius 1 is 0.838 bits per heavy atom. The number of carboxylic acids is 2. The molecule has 0 spiro atoms. The zero-order valence-corrected chi connectivity index (χ0v) is 26.6. The first-order valence-electron chi connectivity index (χ1n) is 13.7. The molecular weight excluding hydrogens is 523 g/mol. The van der Waals surface area contributed by atoms with Crippen molar-refractivity contribution in [3.63, 3.8) is 0 Å². The average Bonchev–Trinajstić information content (AvgIpc) is 2.83. The SMILES string of the molecule is CCCCCCCCCCCCCCC(C[CH2][K])Oc1ccccc1.O=C(O)CC(C(=O)O)S(=O)(=O)O. The number of benzene rings is 1. The van der Waals surface area contributed by atoms with Gasteiger partial charge in [0.25, 0.3) is 10.1 Å². The number of ether oxygens (including phenoxy) is 1. The van der Waals surface area contributed by atoms with Crippen LogP contribution in [0, 0.1) is 0 Å². The third-order valence-corrected chi connectivity index (χ3v) is 8.02. The van der Waals surface area contributed by atoms with Gasteiger partial charge in [-0.2, -0.15) is 8.42 Å². The summed E-state index contributed by atoms with van der Waals surface area (Å²) in [5.41, 5.74) is 0. The Hall–Kier alpha value is -0.494. The maximum absolute atomic E-state index is 10.2. The van der Waals surface area contributed by atoms with Crippen LogP contribution in [-0.4, -0.2) is 95.4 Å².